The molecule has 1 aromatic carbocycles. The molecule has 0 unspecified atom stereocenters. The standard InChI is InChI=1S/C10H12BNO4/c1-6(2)10(13)12-7-3-4-8-9(5-7)16-11(14)15-8/h3-6,14H,1-2H3,(H,12,13). The molecular weight excluding hydrogens is 209 g/mol. The van der Waals surface area contributed by atoms with Gasteiger partial charge in [-0.2, -0.15) is 0 Å². The van der Waals surface area contributed by atoms with Crippen molar-refractivity contribution in [1.82, 2.24) is 0 Å². The van der Waals surface area contributed by atoms with Crippen LogP contribution in [0.25, 0.3) is 0 Å². The predicted molar refractivity (Wildman–Crippen MR) is 59.1 cm³/mol. The quantitative estimate of drug-likeness (QED) is 0.731. The van der Waals surface area contributed by atoms with Crippen LogP contribution in [0.4, 0.5) is 5.69 Å². The van der Waals surface area contributed by atoms with E-state index >= 15 is 0 Å². The molecule has 0 radical (unpaired) electrons. The van der Waals surface area contributed by atoms with Gasteiger partial charge < -0.3 is 19.6 Å². The zero-order valence-corrected chi connectivity index (χ0v) is 9.06. The lowest BCUT2D eigenvalue weighted by molar-refractivity contribution is -0.118. The van der Waals surface area contributed by atoms with Crippen molar-refractivity contribution in [3.8, 4) is 11.5 Å². The summed E-state index contributed by atoms with van der Waals surface area (Å²) in [6.07, 6.45) is 0. The highest BCUT2D eigenvalue weighted by Crippen LogP contribution is 2.35. The Labute approximate surface area is 93.5 Å². The van der Waals surface area contributed by atoms with E-state index in [1.54, 1.807) is 18.2 Å². The van der Waals surface area contributed by atoms with Gasteiger partial charge in [-0.3, -0.25) is 4.79 Å². The summed E-state index contributed by atoms with van der Waals surface area (Å²) in [7, 11) is -1.26. The molecule has 0 spiro atoms. The second-order valence-corrected chi connectivity index (χ2v) is 3.85. The Morgan fingerprint density at radius 2 is 2.06 bits per heavy atom. The maximum absolute atomic E-state index is 11.4. The van der Waals surface area contributed by atoms with Crippen LogP contribution < -0.4 is 14.6 Å². The number of rotatable bonds is 2. The molecule has 0 aromatic heterocycles. The smallest absolute Gasteiger partial charge is 0.498 e. The van der Waals surface area contributed by atoms with Crippen LogP contribution in [0, 0.1) is 5.92 Å². The molecule has 1 heterocycles. The van der Waals surface area contributed by atoms with E-state index < -0.39 is 7.32 Å². The third-order valence-corrected chi connectivity index (χ3v) is 2.19. The van der Waals surface area contributed by atoms with Crippen molar-refractivity contribution in [2.45, 2.75) is 13.8 Å². The minimum absolute atomic E-state index is 0.0700. The highest BCUT2D eigenvalue weighted by Gasteiger charge is 2.31. The van der Waals surface area contributed by atoms with Gasteiger partial charge in [0.25, 0.3) is 0 Å². The van der Waals surface area contributed by atoms with Crippen molar-refractivity contribution in [1.29, 1.82) is 0 Å². The lowest BCUT2D eigenvalue weighted by atomic mass is 10.2. The van der Waals surface area contributed by atoms with Crippen molar-refractivity contribution >= 4 is 18.9 Å². The molecule has 0 fully saturated rings. The number of carbonyl (C=O) groups excluding carboxylic acids is 1. The number of hydrogen-bond donors (Lipinski definition) is 2. The van der Waals surface area contributed by atoms with Gasteiger partial charge in [-0.15, -0.1) is 0 Å². The summed E-state index contributed by atoms with van der Waals surface area (Å²) in [5.41, 5.74) is 0.621. The zero-order valence-electron chi connectivity index (χ0n) is 9.06. The van der Waals surface area contributed by atoms with E-state index in [4.69, 9.17) is 14.3 Å². The first-order valence-electron chi connectivity index (χ1n) is 5.02. The number of amides is 1. The summed E-state index contributed by atoms with van der Waals surface area (Å²) >= 11 is 0. The Hall–Kier alpha value is -1.69. The zero-order chi connectivity index (χ0) is 11.7. The molecule has 2 rings (SSSR count). The van der Waals surface area contributed by atoms with Crippen molar-refractivity contribution in [2.75, 3.05) is 5.32 Å². The molecule has 1 aliphatic heterocycles. The molecule has 1 aliphatic rings. The maximum Gasteiger partial charge on any atom is 0.785 e. The lowest BCUT2D eigenvalue weighted by Gasteiger charge is -2.08. The first-order valence-corrected chi connectivity index (χ1v) is 5.02. The molecule has 0 aliphatic carbocycles. The molecule has 5 nitrogen and oxygen atoms in total. The number of carbonyl (C=O) groups is 1. The monoisotopic (exact) mass is 221 g/mol. The second-order valence-electron chi connectivity index (χ2n) is 3.85. The fraction of sp³-hybridized carbons (Fsp3) is 0.300. The van der Waals surface area contributed by atoms with E-state index in [1.807, 2.05) is 13.8 Å². The third kappa shape index (κ3) is 2.11. The summed E-state index contributed by atoms with van der Waals surface area (Å²) in [6, 6.07) is 4.95. The van der Waals surface area contributed by atoms with Gasteiger partial charge >= 0.3 is 7.32 Å². The van der Waals surface area contributed by atoms with Gasteiger partial charge in [0.1, 0.15) is 11.5 Å². The predicted octanol–water partition coefficient (Wildman–Crippen LogP) is 1.03. The average Bonchev–Trinajstić information content (AvgIpc) is 2.57. The van der Waals surface area contributed by atoms with Gasteiger partial charge in [-0.1, -0.05) is 13.8 Å². The number of fused-ring (bicyclic) bond motifs is 1. The van der Waals surface area contributed by atoms with E-state index in [-0.39, 0.29) is 11.8 Å². The summed E-state index contributed by atoms with van der Waals surface area (Å²) in [5.74, 6) is 0.736. The highest BCUT2D eigenvalue weighted by atomic mass is 16.7. The third-order valence-electron chi connectivity index (χ3n) is 2.19. The number of hydrogen-bond acceptors (Lipinski definition) is 4. The van der Waals surface area contributed by atoms with Gasteiger partial charge in [0.2, 0.25) is 5.91 Å². The molecule has 0 saturated heterocycles. The van der Waals surface area contributed by atoms with Crippen molar-refractivity contribution in [3.63, 3.8) is 0 Å². The number of nitrogens with one attached hydrogen (secondary N) is 1. The largest absolute Gasteiger partial charge is 0.785 e. The average molecular weight is 221 g/mol. The van der Waals surface area contributed by atoms with Crippen molar-refractivity contribution in [3.05, 3.63) is 18.2 Å². The van der Waals surface area contributed by atoms with Gasteiger partial charge in [0.05, 0.1) is 0 Å². The van der Waals surface area contributed by atoms with Gasteiger partial charge in [0, 0.05) is 17.7 Å². The molecule has 84 valence electrons. The van der Waals surface area contributed by atoms with Crippen LogP contribution in [0.2, 0.25) is 0 Å². The molecule has 2 N–H and O–H groups in total. The second kappa shape index (κ2) is 4.06. The van der Waals surface area contributed by atoms with Crippen LogP contribution in [0.5, 0.6) is 11.5 Å². The van der Waals surface area contributed by atoms with Crippen molar-refractivity contribution in [2.24, 2.45) is 5.92 Å². The Balaban J connectivity index is 2.14. The highest BCUT2D eigenvalue weighted by molar-refractivity contribution is 6.38. The molecule has 1 aromatic rings. The van der Waals surface area contributed by atoms with Crippen LogP contribution in [0.1, 0.15) is 13.8 Å². The van der Waals surface area contributed by atoms with E-state index in [1.165, 1.54) is 0 Å². The minimum atomic E-state index is -1.26. The van der Waals surface area contributed by atoms with Gasteiger partial charge in [-0.25, -0.2) is 0 Å². The molecule has 0 saturated carbocycles. The first-order chi connectivity index (χ1) is 7.56. The van der Waals surface area contributed by atoms with Crippen LogP contribution in [-0.2, 0) is 4.79 Å². The Morgan fingerprint density at radius 3 is 2.75 bits per heavy atom. The summed E-state index contributed by atoms with van der Waals surface area (Å²) < 4.78 is 9.91. The summed E-state index contributed by atoms with van der Waals surface area (Å²) in [6.45, 7) is 3.62. The SMILES string of the molecule is CC(C)C(=O)Nc1ccc2c(c1)OB(O)O2. The Kier molecular flexibility index (Phi) is 2.74. The van der Waals surface area contributed by atoms with Gasteiger partial charge in [-0.05, 0) is 12.1 Å². The summed E-state index contributed by atoms with van der Waals surface area (Å²) in [5, 5.41) is 11.8. The van der Waals surface area contributed by atoms with Crippen LogP contribution in [-0.4, -0.2) is 18.3 Å². The lowest BCUT2D eigenvalue weighted by Crippen LogP contribution is -2.23. The van der Waals surface area contributed by atoms with E-state index in [0.717, 1.165) is 0 Å². The molecule has 0 bridgehead atoms. The molecule has 1 amide bonds. The number of benzene rings is 1. The van der Waals surface area contributed by atoms with E-state index in [9.17, 15) is 4.79 Å². The van der Waals surface area contributed by atoms with Crippen LogP contribution in [0.3, 0.4) is 0 Å². The van der Waals surface area contributed by atoms with E-state index in [0.29, 0.717) is 17.2 Å². The topological polar surface area (TPSA) is 67.8 Å². The molecule has 16 heavy (non-hydrogen) atoms. The summed E-state index contributed by atoms with van der Waals surface area (Å²) in [4.78, 5) is 11.4. The Morgan fingerprint density at radius 1 is 1.38 bits per heavy atom. The van der Waals surface area contributed by atoms with Gasteiger partial charge in [0.15, 0.2) is 0 Å². The molecule has 6 heteroatoms. The van der Waals surface area contributed by atoms with E-state index in [2.05, 4.69) is 5.32 Å². The maximum atomic E-state index is 11.4. The fourth-order valence-electron chi connectivity index (χ4n) is 1.30. The number of anilines is 1. The molecule has 0 atom stereocenters. The minimum Gasteiger partial charge on any atom is -0.498 e. The van der Waals surface area contributed by atoms with Crippen LogP contribution in [0.15, 0.2) is 18.2 Å². The van der Waals surface area contributed by atoms with Crippen molar-refractivity contribution < 1.29 is 19.1 Å². The van der Waals surface area contributed by atoms with Crippen LogP contribution >= 0.6 is 0 Å². The Bertz CT molecular complexity index is 421. The molecular formula is C10H12BNO4. The first kappa shape index (κ1) is 10.8. The fourth-order valence-corrected chi connectivity index (χ4v) is 1.30. The normalized spacial score (nSPS) is 13.1.